The van der Waals surface area contributed by atoms with Crippen molar-refractivity contribution in [3.05, 3.63) is 58.4 Å². The Hall–Kier alpha value is -3.29. The summed E-state index contributed by atoms with van der Waals surface area (Å²) in [6.45, 7) is 10.4. The number of nitrogens with one attached hydrogen (secondary N) is 1. The van der Waals surface area contributed by atoms with E-state index >= 15 is 0 Å². The number of anilines is 2. The molecule has 1 aliphatic heterocycles. The molecule has 1 atom stereocenters. The second-order valence-corrected chi connectivity index (χ2v) is 8.36. The molecule has 0 aromatic carbocycles. The zero-order valence-corrected chi connectivity index (χ0v) is 18.6. The number of nitrogens with zero attached hydrogens (tertiary/aromatic N) is 5. The largest absolute Gasteiger partial charge is 0.361 e. The maximum Gasteiger partial charge on any atom is 0.259 e. The van der Waals surface area contributed by atoms with Gasteiger partial charge in [0.05, 0.1) is 17.4 Å². The normalized spacial score (nSPS) is 16.2. The van der Waals surface area contributed by atoms with E-state index in [2.05, 4.69) is 20.4 Å². The van der Waals surface area contributed by atoms with Crippen LogP contribution in [-0.2, 0) is 0 Å². The molecule has 4 rings (SSSR count). The minimum Gasteiger partial charge on any atom is -0.361 e. The van der Waals surface area contributed by atoms with Gasteiger partial charge in [-0.3, -0.25) is 4.79 Å². The van der Waals surface area contributed by atoms with Crippen LogP contribution < -0.4 is 5.32 Å². The topological polar surface area (TPSA) is 97.0 Å². The average Bonchev–Trinajstić information content (AvgIpc) is 3.34. The van der Waals surface area contributed by atoms with Crippen molar-refractivity contribution in [3.63, 3.8) is 0 Å². The van der Waals surface area contributed by atoms with E-state index in [1.165, 1.54) is 0 Å². The standard InChI is InChI=1S/C23H28N6O2/c1-13(2)21-20(16(5)31-28-21)22(30)29-11-7-9-18(29)17-8-6-10-19(26-17)27-23-24-14(3)12-15(4)25-23/h6,8,10,12-13,18H,7,9,11H2,1-5H3,(H,24,25,26,27). The third-order valence-corrected chi connectivity index (χ3v) is 5.50. The van der Waals surface area contributed by atoms with E-state index in [1.807, 2.05) is 56.9 Å². The van der Waals surface area contributed by atoms with Crippen molar-refractivity contribution < 1.29 is 9.32 Å². The molecule has 162 valence electrons. The van der Waals surface area contributed by atoms with Gasteiger partial charge in [-0.15, -0.1) is 0 Å². The minimum atomic E-state index is -0.0938. The molecule has 1 fully saturated rings. The van der Waals surface area contributed by atoms with Gasteiger partial charge in [-0.1, -0.05) is 25.1 Å². The molecule has 0 bridgehead atoms. The third kappa shape index (κ3) is 4.28. The Labute approximate surface area is 182 Å². The molecule has 3 aromatic rings. The molecule has 3 aromatic heterocycles. The lowest BCUT2D eigenvalue weighted by Gasteiger charge is -2.25. The van der Waals surface area contributed by atoms with Gasteiger partial charge in [-0.2, -0.15) is 0 Å². The predicted octanol–water partition coefficient (Wildman–Crippen LogP) is 4.63. The van der Waals surface area contributed by atoms with Crippen LogP contribution in [-0.4, -0.2) is 37.5 Å². The molecule has 1 N–H and O–H groups in total. The first-order valence-corrected chi connectivity index (χ1v) is 10.7. The van der Waals surface area contributed by atoms with E-state index < -0.39 is 0 Å². The van der Waals surface area contributed by atoms with E-state index in [-0.39, 0.29) is 17.9 Å². The fourth-order valence-corrected chi connectivity index (χ4v) is 4.11. The summed E-state index contributed by atoms with van der Waals surface area (Å²) in [6.07, 6.45) is 1.79. The SMILES string of the molecule is Cc1cc(C)nc(Nc2cccc(C3CCCN3C(=O)c3c(C(C)C)noc3C)n2)n1. The van der Waals surface area contributed by atoms with Gasteiger partial charge >= 0.3 is 0 Å². The van der Waals surface area contributed by atoms with Crippen molar-refractivity contribution in [1.29, 1.82) is 0 Å². The number of pyridine rings is 1. The molecule has 8 heteroatoms. The molecule has 31 heavy (non-hydrogen) atoms. The maximum atomic E-state index is 13.5. The molecule has 0 spiro atoms. The number of carbonyl (C=O) groups excluding carboxylic acids is 1. The van der Waals surface area contributed by atoms with Gasteiger partial charge in [-0.05, 0) is 57.7 Å². The highest BCUT2D eigenvalue weighted by molar-refractivity contribution is 5.96. The number of hydrogen-bond acceptors (Lipinski definition) is 7. The van der Waals surface area contributed by atoms with E-state index in [1.54, 1.807) is 6.92 Å². The molecule has 1 aliphatic rings. The van der Waals surface area contributed by atoms with Gasteiger partial charge in [0.1, 0.15) is 17.1 Å². The van der Waals surface area contributed by atoms with Gasteiger partial charge in [0, 0.05) is 17.9 Å². The predicted molar refractivity (Wildman–Crippen MR) is 117 cm³/mol. The van der Waals surface area contributed by atoms with Gasteiger partial charge < -0.3 is 14.7 Å². The highest BCUT2D eigenvalue weighted by Gasteiger charge is 2.35. The maximum absolute atomic E-state index is 13.5. The number of likely N-dealkylation sites (tertiary alicyclic amines) is 1. The summed E-state index contributed by atoms with van der Waals surface area (Å²) >= 11 is 0. The number of hydrogen-bond donors (Lipinski definition) is 1. The van der Waals surface area contributed by atoms with Crippen molar-refractivity contribution in [2.75, 3.05) is 11.9 Å². The lowest BCUT2D eigenvalue weighted by Crippen LogP contribution is -2.32. The Balaban J connectivity index is 1.60. The van der Waals surface area contributed by atoms with E-state index in [0.29, 0.717) is 35.3 Å². The van der Waals surface area contributed by atoms with Crippen LogP contribution in [0.2, 0.25) is 0 Å². The van der Waals surface area contributed by atoms with Crippen molar-refractivity contribution >= 4 is 17.7 Å². The van der Waals surface area contributed by atoms with Crippen LogP contribution in [0.25, 0.3) is 0 Å². The van der Waals surface area contributed by atoms with Gasteiger partial charge in [0.15, 0.2) is 0 Å². The van der Waals surface area contributed by atoms with Crippen molar-refractivity contribution in [3.8, 4) is 0 Å². The summed E-state index contributed by atoms with van der Waals surface area (Å²) in [7, 11) is 0. The van der Waals surface area contributed by atoms with Crippen molar-refractivity contribution in [1.82, 2.24) is 25.0 Å². The lowest BCUT2D eigenvalue weighted by molar-refractivity contribution is 0.0730. The summed E-state index contributed by atoms with van der Waals surface area (Å²) in [5.41, 5.74) is 3.93. The molecule has 8 nitrogen and oxygen atoms in total. The van der Waals surface area contributed by atoms with E-state index in [9.17, 15) is 4.79 Å². The lowest BCUT2D eigenvalue weighted by atomic mass is 10.0. The molecular formula is C23H28N6O2. The second-order valence-electron chi connectivity index (χ2n) is 8.36. The highest BCUT2D eigenvalue weighted by Crippen LogP contribution is 2.34. The number of amides is 1. The summed E-state index contributed by atoms with van der Waals surface area (Å²) in [5, 5.41) is 7.31. The number of aromatic nitrogens is 4. The van der Waals surface area contributed by atoms with Crippen LogP contribution in [0.3, 0.4) is 0 Å². The van der Waals surface area contributed by atoms with E-state index in [0.717, 1.165) is 29.9 Å². The quantitative estimate of drug-likeness (QED) is 0.643. The molecular weight excluding hydrogens is 392 g/mol. The Morgan fingerprint density at radius 2 is 1.90 bits per heavy atom. The van der Waals surface area contributed by atoms with Crippen LogP contribution in [0.15, 0.2) is 28.8 Å². The van der Waals surface area contributed by atoms with Gasteiger partial charge in [0.2, 0.25) is 5.95 Å². The molecule has 4 heterocycles. The van der Waals surface area contributed by atoms with Crippen LogP contribution in [0.4, 0.5) is 11.8 Å². The zero-order valence-electron chi connectivity index (χ0n) is 18.6. The second kappa shape index (κ2) is 8.45. The third-order valence-electron chi connectivity index (χ3n) is 5.50. The Kier molecular flexibility index (Phi) is 5.71. The Morgan fingerprint density at radius 3 is 2.61 bits per heavy atom. The molecule has 0 aliphatic carbocycles. The smallest absolute Gasteiger partial charge is 0.259 e. The fraction of sp³-hybridized carbons (Fsp3) is 0.435. The van der Waals surface area contributed by atoms with Gasteiger partial charge in [0.25, 0.3) is 5.91 Å². The van der Waals surface area contributed by atoms with Crippen LogP contribution >= 0.6 is 0 Å². The first-order chi connectivity index (χ1) is 14.8. The van der Waals surface area contributed by atoms with Gasteiger partial charge in [-0.25, -0.2) is 15.0 Å². The fourth-order valence-electron chi connectivity index (χ4n) is 4.11. The molecule has 1 saturated heterocycles. The minimum absolute atomic E-state index is 0.0391. The van der Waals surface area contributed by atoms with E-state index in [4.69, 9.17) is 9.51 Å². The molecule has 1 unspecified atom stereocenters. The first-order valence-electron chi connectivity index (χ1n) is 10.7. The molecule has 0 saturated carbocycles. The number of rotatable bonds is 5. The van der Waals surface area contributed by atoms with Crippen LogP contribution in [0.1, 0.15) is 77.5 Å². The zero-order chi connectivity index (χ0) is 22.1. The van der Waals surface area contributed by atoms with Crippen molar-refractivity contribution in [2.24, 2.45) is 0 Å². The summed E-state index contributed by atoms with van der Waals surface area (Å²) in [4.78, 5) is 29.0. The van der Waals surface area contributed by atoms with Crippen LogP contribution in [0, 0.1) is 20.8 Å². The van der Waals surface area contributed by atoms with Crippen LogP contribution in [0.5, 0.6) is 0 Å². The summed E-state index contributed by atoms with van der Waals surface area (Å²) < 4.78 is 5.35. The number of aryl methyl sites for hydroxylation is 3. The van der Waals surface area contributed by atoms with Crippen molar-refractivity contribution in [2.45, 2.75) is 59.4 Å². The Morgan fingerprint density at radius 1 is 1.16 bits per heavy atom. The first kappa shape index (κ1) is 21.0. The summed E-state index contributed by atoms with van der Waals surface area (Å²) in [5.74, 6) is 1.81. The average molecular weight is 421 g/mol. The number of carbonyl (C=O) groups is 1. The Bertz CT molecular complexity index is 1090. The summed E-state index contributed by atoms with van der Waals surface area (Å²) in [6, 6.07) is 7.62. The monoisotopic (exact) mass is 420 g/mol. The molecule has 0 radical (unpaired) electrons. The highest BCUT2D eigenvalue weighted by atomic mass is 16.5. The molecule has 1 amide bonds.